The zero-order chi connectivity index (χ0) is 13.3. The first kappa shape index (κ1) is 13.9. The van der Waals surface area contributed by atoms with Crippen LogP contribution in [0.1, 0.15) is 53.4 Å². The van der Waals surface area contributed by atoms with Gasteiger partial charge in [-0.3, -0.25) is 10.1 Å². The summed E-state index contributed by atoms with van der Waals surface area (Å²) in [5.41, 5.74) is 0. The summed E-state index contributed by atoms with van der Waals surface area (Å²) in [6.07, 6.45) is 5.47. The fraction of sp³-hybridized carbons (Fsp3) is 0.933. The average molecular weight is 252 g/mol. The fourth-order valence-electron chi connectivity index (χ4n) is 3.31. The normalized spacial score (nSPS) is 37.6. The van der Waals surface area contributed by atoms with E-state index in [9.17, 15) is 4.79 Å². The molecule has 2 aliphatic rings. The molecule has 1 aliphatic heterocycles. The van der Waals surface area contributed by atoms with Crippen LogP contribution in [0.4, 0.5) is 0 Å². The molecule has 3 heteroatoms. The smallest absolute Gasteiger partial charge is 0.241 e. The first-order valence-corrected chi connectivity index (χ1v) is 7.55. The zero-order valence-electron chi connectivity index (χ0n) is 12.3. The summed E-state index contributed by atoms with van der Waals surface area (Å²) in [6.45, 7) is 9.66. The van der Waals surface area contributed by atoms with Gasteiger partial charge >= 0.3 is 0 Å². The van der Waals surface area contributed by atoms with E-state index in [1.165, 1.54) is 25.7 Å². The molecule has 3 nitrogen and oxygen atoms in total. The number of amides is 1. The first-order valence-electron chi connectivity index (χ1n) is 7.55. The molecule has 0 radical (unpaired) electrons. The molecular formula is C15H28N2O. The van der Waals surface area contributed by atoms with Crippen molar-refractivity contribution in [2.45, 2.75) is 65.6 Å². The van der Waals surface area contributed by atoms with Crippen molar-refractivity contribution < 1.29 is 4.79 Å². The Kier molecular flexibility index (Phi) is 4.31. The number of rotatable bonds is 3. The summed E-state index contributed by atoms with van der Waals surface area (Å²) in [4.78, 5) is 14.4. The maximum Gasteiger partial charge on any atom is 0.241 e. The van der Waals surface area contributed by atoms with Gasteiger partial charge in [0.15, 0.2) is 0 Å². The van der Waals surface area contributed by atoms with Crippen LogP contribution in [-0.2, 0) is 4.79 Å². The Hall–Kier alpha value is -0.570. The third-order valence-electron chi connectivity index (χ3n) is 4.69. The van der Waals surface area contributed by atoms with E-state index < -0.39 is 0 Å². The van der Waals surface area contributed by atoms with E-state index in [2.05, 4.69) is 37.9 Å². The van der Waals surface area contributed by atoms with Crippen LogP contribution in [0.3, 0.4) is 0 Å². The molecule has 1 saturated heterocycles. The molecule has 0 aromatic heterocycles. The predicted molar refractivity (Wildman–Crippen MR) is 74.1 cm³/mol. The number of nitrogens with zero attached hydrogens (tertiary/aromatic N) is 1. The molecule has 1 heterocycles. The largest absolute Gasteiger partial charge is 0.326 e. The molecule has 2 rings (SSSR count). The molecular weight excluding hydrogens is 224 g/mol. The van der Waals surface area contributed by atoms with E-state index in [-0.39, 0.29) is 12.2 Å². The van der Waals surface area contributed by atoms with E-state index in [1.807, 2.05) is 0 Å². The summed E-state index contributed by atoms with van der Waals surface area (Å²) >= 11 is 0. The van der Waals surface area contributed by atoms with Crippen molar-refractivity contribution in [2.24, 2.45) is 17.8 Å². The maximum absolute atomic E-state index is 12.4. The third kappa shape index (κ3) is 2.87. The average Bonchev–Trinajstić information content (AvgIpc) is 2.60. The minimum Gasteiger partial charge on any atom is -0.326 e. The maximum atomic E-state index is 12.4. The molecule has 0 aromatic rings. The summed E-state index contributed by atoms with van der Waals surface area (Å²) < 4.78 is 0. The van der Waals surface area contributed by atoms with E-state index in [0.717, 1.165) is 18.4 Å². The number of carbonyl (C=O) groups excluding carboxylic acids is 1. The lowest BCUT2D eigenvalue weighted by Crippen LogP contribution is -2.39. The first-order chi connectivity index (χ1) is 8.49. The van der Waals surface area contributed by atoms with Crippen LogP contribution in [0, 0.1) is 17.8 Å². The summed E-state index contributed by atoms with van der Waals surface area (Å²) in [5.74, 6) is 2.31. The van der Waals surface area contributed by atoms with Crippen molar-refractivity contribution in [1.29, 1.82) is 0 Å². The van der Waals surface area contributed by atoms with Gasteiger partial charge in [-0.15, -0.1) is 0 Å². The Morgan fingerprint density at radius 1 is 1.22 bits per heavy atom. The molecule has 0 aromatic carbocycles. The van der Waals surface area contributed by atoms with Crippen LogP contribution in [0.25, 0.3) is 0 Å². The molecule has 1 aliphatic carbocycles. The molecule has 1 amide bonds. The molecule has 18 heavy (non-hydrogen) atoms. The van der Waals surface area contributed by atoms with Gasteiger partial charge < -0.3 is 4.90 Å². The highest BCUT2D eigenvalue weighted by molar-refractivity contribution is 5.84. The lowest BCUT2D eigenvalue weighted by atomic mass is 9.83. The summed E-state index contributed by atoms with van der Waals surface area (Å²) in [6, 6.07) is 0.0301. The Bertz CT molecular complexity index is 295. The second-order valence-corrected chi connectivity index (χ2v) is 6.68. The SMILES string of the molecule is CC1CCC(CN2C(=O)C(C(C)C)NC2C)CC1. The molecule has 2 fully saturated rings. The van der Waals surface area contributed by atoms with E-state index in [1.54, 1.807) is 0 Å². The van der Waals surface area contributed by atoms with E-state index >= 15 is 0 Å². The molecule has 1 saturated carbocycles. The van der Waals surface area contributed by atoms with Gasteiger partial charge in [0.1, 0.15) is 0 Å². The molecule has 1 N–H and O–H groups in total. The van der Waals surface area contributed by atoms with Crippen molar-refractivity contribution in [3.63, 3.8) is 0 Å². The van der Waals surface area contributed by atoms with E-state index in [0.29, 0.717) is 11.8 Å². The van der Waals surface area contributed by atoms with Crippen LogP contribution >= 0.6 is 0 Å². The highest BCUT2D eigenvalue weighted by atomic mass is 16.2. The molecule has 2 atom stereocenters. The molecule has 2 unspecified atom stereocenters. The van der Waals surface area contributed by atoms with Crippen LogP contribution in [0.2, 0.25) is 0 Å². The van der Waals surface area contributed by atoms with Crippen LogP contribution in [0.5, 0.6) is 0 Å². The van der Waals surface area contributed by atoms with Gasteiger partial charge in [-0.05, 0) is 37.5 Å². The van der Waals surface area contributed by atoms with Gasteiger partial charge in [-0.25, -0.2) is 0 Å². The second-order valence-electron chi connectivity index (χ2n) is 6.68. The topological polar surface area (TPSA) is 32.3 Å². The van der Waals surface area contributed by atoms with Crippen molar-refractivity contribution in [1.82, 2.24) is 10.2 Å². The summed E-state index contributed by atoms with van der Waals surface area (Å²) in [5, 5.41) is 3.43. The predicted octanol–water partition coefficient (Wildman–Crippen LogP) is 2.62. The van der Waals surface area contributed by atoms with Gasteiger partial charge in [-0.1, -0.05) is 33.6 Å². The standard InChI is InChI=1S/C15H28N2O/c1-10(2)14-15(18)17(12(4)16-14)9-13-7-5-11(3)6-8-13/h10-14,16H,5-9H2,1-4H3. The fourth-order valence-corrected chi connectivity index (χ4v) is 3.31. The Balaban J connectivity index is 1.91. The van der Waals surface area contributed by atoms with Crippen molar-refractivity contribution in [3.8, 4) is 0 Å². The van der Waals surface area contributed by atoms with Gasteiger partial charge in [0, 0.05) is 6.54 Å². The van der Waals surface area contributed by atoms with Crippen LogP contribution < -0.4 is 5.32 Å². The third-order valence-corrected chi connectivity index (χ3v) is 4.69. The van der Waals surface area contributed by atoms with Gasteiger partial charge in [0.25, 0.3) is 0 Å². The quantitative estimate of drug-likeness (QED) is 0.837. The number of carbonyl (C=O) groups is 1. The lowest BCUT2D eigenvalue weighted by molar-refractivity contribution is -0.131. The minimum absolute atomic E-state index is 0.0301. The van der Waals surface area contributed by atoms with Crippen molar-refractivity contribution in [3.05, 3.63) is 0 Å². The number of nitrogens with one attached hydrogen (secondary N) is 1. The molecule has 104 valence electrons. The zero-order valence-corrected chi connectivity index (χ0v) is 12.3. The van der Waals surface area contributed by atoms with Gasteiger partial charge in [0.2, 0.25) is 5.91 Å². The number of hydrogen-bond donors (Lipinski definition) is 1. The van der Waals surface area contributed by atoms with Crippen LogP contribution in [-0.4, -0.2) is 29.6 Å². The Labute approximate surface area is 111 Å². The number of hydrogen-bond acceptors (Lipinski definition) is 2. The molecule has 0 bridgehead atoms. The Morgan fingerprint density at radius 2 is 1.83 bits per heavy atom. The second kappa shape index (κ2) is 5.60. The van der Waals surface area contributed by atoms with Gasteiger partial charge in [-0.2, -0.15) is 0 Å². The van der Waals surface area contributed by atoms with E-state index in [4.69, 9.17) is 0 Å². The van der Waals surface area contributed by atoms with Crippen LogP contribution in [0.15, 0.2) is 0 Å². The minimum atomic E-state index is 0.0301. The highest BCUT2D eigenvalue weighted by Crippen LogP contribution is 2.30. The monoisotopic (exact) mass is 252 g/mol. The van der Waals surface area contributed by atoms with Gasteiger partial charge in [0.05, 0.1) is 12.2 Å². The van der Waals surface area contributed by atoms with Crippen molar-refractivity contribution >= 4 is 5.91 Å². The lowest BCUT2D eigenvalue weighted by Gasteiger charge is -2.31. The highest BCUT2D eigenvalue weighted by Gasteiger charge is 2.38. The summed E-state index contributed by atoms with van der Waals surface area (Å²) in [7, 11) is 0. The Morgan fingerprint density at radius 3 is 2.33 bits per heavy atom. The molecule has 0 spiro atoms. The van der Waals surface area contributed by atoms with Crippen molar-refractivity contribution in [2.75, 3.05) is 6.54 Å².